The highest BCUT2D eigenvalue weighted by Crippen LogP contribution is 2.48. The molecule has 3 aromatic heterocycles. The van der Waals surface area contributed by atoms with Crippen LogP contribution >= 0.6 is 0 Å². The highest BCUT2D eigenvalue weighted by Gasteiger charge is 2.26. The zero-order valence-corrected chi connectivity index (χ0v) is 32.2. The van der Waals surface area contributed by atoms with Gasteiger partial charge in [0.25, 0.3) is 0 Å². The smallest absolute Gasteiger partial charge is 0.152 e. The second-order valence-electron chi connectivity index (χ2n) is 16.6. The zero-order valence-electron chi connectivity index (χ0n) is 32.2. The Bertz CT molecular complexity index is 3630. The maximum absolute atomic E-state index is 6.59. The van der Waals surface area contributed by atoms with Crippen molar-refractivity contribution in [3.05, 3.63) is 167 Å². The van der Waals surface area contributed by atoms with Crippen LogP contribution in [0.2, 0.25) is 0 Å². The van der Waals surface area contributed by atoms with E-state index in [9.17, 15) is 0 Å². The van der Waals surface area contributed by atoms with Gasteiger partial charge < -0.3 is 18.9 Å². The van der Waals surface area contributed by atoms with Crippen molar-refractivity contribution in [2.75, 3.05) is 0 Å². The van der Waals surface area contributed by atoms with Crippen LogP contribution in [0.1, 0.15) is 33.4 Å². The molecule has 8 aromatic carbocycles. The third-order valence-electron chi connectivity index (χ3n) is 12.7. The standard InChI is InChI=1S/C53H37N3O/c1-28-9-13-45-35(17-28)23-36-18-30(3)19-42-39-24-32(11-15-46(39)55(45)52(36)42)34-26-38(51-41(27-34)37-7-5-6-8-44(37)54-51)33-12-16-47-40(25-33)43-20-31(4)22-50-53(43)56(47)48-14-10-29(2)21-49(48)57-50/h5-22,24-27,54H,23H2,1-4H3. The van der Waals surface area contributed by atoms with Gasteiger partial charge in [-0.1, -0.05) is 65.7 Å². The normalized spacial score (nSPS) is 13.0. The molecule has 0 radical (unpaired) electrons. The molecule has 0 amide bonds. The third-order valence-corrected chi connectivity index (χ3v) is 12.7. The van der Waals surface area contributed by atoms with E-state index in [-0.39, 0.29) is 0 Å². The van der Waals surface area contributed by atoms with Crippen LogP contribution in [0.5, 0.6) is 11.5 Å². The topological polar surface area (TPSA) is 34.9 Å². The maximum atomic E-state index is 6.59. The number of nitrogens with one attached hydrogen (secondary N) is 1. The first-order valence-electron chi connectivity index (χ1n) is 20.0. The molecular weight excluding hydrogens is 695 g/mol. The monoisotopic (exact) mass is 731 g/mol. The van der Waals surface area contributed by atoms with Crippen molar-refractivity contribution in [2.24, 2.45) is 0 Å². The molecule has 4 heteroatoms. The van der Waals surface area contributed by atoms with Crippen LogP contribution in [0.4, 0.5) is 0 Å². The summed E-state index contributed by atoms with van der Waals surface area (Å²) >= 11 is 0. The molecule has 0 saturated heterocycles. The Balaban J connectivity index is 1.06. The van der Waals surface area contributed by atoms with Gasteiger partial charge in [-0.3, -0.25) is 0 Å². The summed E-state index contributed by atoms with van der Waals surface area (Å²) in [5.74, 6) is 1.81. The number of fused-ring (bicyclic) bond motifs is 13. The fourth-order valence-corrected chi connectivity index (χ4v) is 10.3. The Morgan fingerprint density at radius 1 is 0.456 bits per heavy atom. The molecule has 2 aliphatic rings. The molecular formula is C53H37N3O. The van der Waals surface area contributed by atoms with Crippen molar-refractivity contribution >= 4 is 65.4 Å². The highest BCUT2D eigenvalue weighted by atomic mass is 16.5. The molecule has 0 fully saturated rings. The SMILES string of the molecule is Cc1ccc2c(c1)Cc1cc(C)cc3c4cc(-c5cc(-c6ccc7c(c6)c6cc(C)cc8c6n7-c6ccc(C)cc6O8)c6[nH]c7ccccc7c6c5)ccc4n-2c13. The average Bonchev–Trinajstić information content (AvgIpc) is 3.86. The van der Waals surface area contributed by atoms with Gasteiger partial charge in [0.1, 0.15) is 0 Å². The molecule has 0 unspecified atom stereocenters. The largest absolute Gasteiger partial charge is 0.453 e. The molecule has 0 saturated carbocycles. The Morgan fingerprint density at radius 3 is 1.95 bits per heavy atom. The van der Waals surface area contributed by atoms with Gasteiger partial charge in [0.2, 0.25) is 0 Å². The molecule has 270 valence electrons. The van der Waals surface area contributed by atoms with Gasteiger partial charge in [-0.05, 0) is 146 Å². The van der Waals surface area contributed by atoms with Crippen molar-refractivity contribution in [1.29, 1.82) is 0 Å². The van der Waals surface area contributed by atoms with Crippen LogP contribution in [-0.4, -0.2) is 14.1 Å². The van der Waals surface area contributed by atoms with E-state index < -0.39 is 0 Å². The van der Waals surface area contributed by atoms with E-state index in [1.165, 1.54) is 110 Å². The summed E-state index contributed by atoms with van der Waals surface area (Å²) < 4.78 is 11.5. The van der Waals surface area contributed by atoms with Gasteiger partial charge in [0.05, 0.1) is 33.3 Å². The Kier molecular flexibility index (Phi) is 5.93. The van der Waals surface area contributed by atoms with Crippen molar-refractivity contribution in [1.82, 2.24) is 14.1 Å². The second-order valence-corrected chi connectivity index (χ2v) is 16.6. The van der Waals surface area contributed by atoms with Crippen molar-refractivity contribution < 1.29 is 4.74 Å². The lowest BCUT2D eigenvalue weighted by atomic mass is 9.93. The van der Waals surface area contributed by atoms with Crippen LogP contribution in [0, 0.1) is 27.7 Å². The Hall–Kier alpha value is -7.04. The molecule has 0 spiro atoms. The molecule has 2 aliphatic heterocycles. The summed E-state index contributed by atoms with van der Waals surface area (Å²) in [7, 11) is 0. The quantitative estimate of drug-likeness (QED) is 0.189. The van der Waals surface area contributed by atoms with Gasteiger partial charge in [-0.2, -0.15) is 0 Å². The van der Waals surface area contributed by atoms with Crippen LogP contribution in [0.3, 0.4) is 0 Å². The first kappa shape index (κ1) is 31.2. The van der Waals surface area contributed by atoms with Crippen molar-refractivity contribution in [2.45, 2.75) is 34.1 Å². The number of ether oxygens (including phenoxy) is 1. The molecule has 5 heterocycles. The first-order chi connectivity index (χ1) is 27.8. The van der Waals surface area contributed by atoms with Gasteiger partial charge in [0.15, 0.2) is 11.5 Å². The number of para-hydroxylation sites is 1. The van der Waals surface area contributed by atoms with Crippen LogP contribution < -0.4 is 4.74 Å². The predicted octanol–water partition coefficient (Wildman–Crippen LogP) is 14.1. The van der Waals surface area contributed by atoms with Gasteiger partial charge in [-0.25, -0.2) is 0 Å². The summed E-state index contributed by atoms with van der Waals surface area (Å²) in [5, 5.41) is 7.53. The number of aryl methyl sites for hydroxylation is 4. The van der Waals surface area contributed by atoms with Crippen LogP contribution in [0.15, 0.2) is 133 Å². The average molecular weight is 732 g/mol. The second kappa shape index (κ2) is 10.8. The van der Waals surface area contributed by atoms with Crippen LogP contribution in [0.25, 0.3) is 99.0 Å². The highest BCUT2D eigenvalue weighted by molar-refractivity contribution is 6.17. The van der Waals surface area contributed by atoms with Crippen LogP contribution in [-0.2, 0) is 6.42 Å². The number of hydrogen-bond acceptors (Lipinski definition) is 1. The molecule has 4 nitrogen and oxygen atoms in total. The lowest BCUT2D eigenvalue weighted by molar-refractivity contribution is 0.475. The lowest BCUT2D eigenvalue weighted by Crippen LogP contribution is -2.08. The minimum Gasteiger partial charge on any atom is -0.453 e. The zero-order chi connectivity index (χ0) is 37.8. The summed E-state index contributed by atoms with van der Waals surface area (Å²) in [5.41, 5.74) is 22.2. The number of rotatable bonds is 2. The van der Waals surface area contributed by atoms with E-state index >= 15 is 0 Å². The first-order valence-corrected chi connectivity index (χ1v) is 20.0. The fraction of sp³-hybridized carbons (Fsp3) is 0.0943. The van der Waals surface area contributed by atoms with Gasteiger partial charge in [0, 0.05) is 55.5 Å². The Morgan fingerprint density at radius 2 is 1.11 bits per heavy atom. The van der Waals surface area contributed by atoms with Gasteiger partial charge >= 0.3 is 0 Å². The summed E-state index contributed by atoms with van der Waals surface area (Å²) in [4.78, 5) is 3.84. The van der Waals surface area contributed by atoms with E-state index in [2.05, 4.69) is 175 Å². The van der Waals surface area contributed by atoms with Gasteiger partial charge in [-0.15, -0.1) is 0 Å². The number of aromatic nitrogens is 3. The fourth-order valence-electron chi connectivity index (χ4n) is 10.3. The van der Waals surface area contributed by atoms with E-state index in [1.54, 1.807) is 0 Å². The number of H-pyrrole nitrogens is 1. The molecule has 0 bridgehead atoms. The molecule has 0 aliphatic carbocycles. The minimum absolute atomic E-state index is 0.899. The van der Waals surface area contributed by atoms with E-state index in [1.807, 2.05) is 0 Å². The molecule has 57 heavy (non-hydrogen) atoms. The maximum Gasteiger partial charge on any atom is 0.152 e. The number of aromatic amines is 1. The minimum atomic E-state index is 0.899. The van der Waals surface area contributed by atoms with E-state index in [0.717, 1.165) is 40.2 Å². The summed E-state index contributed by atoms with van der Waals surface area (Å²) in [6.45, 7) is 8.71. The van der Waals surface area contributed by atoms with Crippen molar-refractivity contribution in [3.63, 3.8) is 0 Å². The van der Waals surface area contributed by atoms with Crippen molar-refractivity contribution in [3.8, 4) is 45.1 Å². The summed E-state index contributed by atoms with van der Waals surface area (Å²) in [6, 6.07) is 50.3. The molecule has 13 rings (SSSR count). The summed E-state index contributed by atoms with van der Waals surface area (Å²) in [6.07, 6.45) is 0.960. The number of nitrogens with zero attached hydrogens (tertiary/aromatic N) is 2. The lowest BCUT2D eigenvalue weighted by Gasteiger charge is -2.21. The molecule has 1 N–H and O–H groups in total. The third kappa shape index (κ3) is 4.22. The predicted molar refractivity (Wildman–Crippen MR) is 237 cm³/mol. The van der Waals surface area contributed by atoms with E-state index in [4.69, 9.17) is 4.74 Å². The number of benzene rings is 8. The van der Waals surface area contributed by atoms with E-state index in [0.29, 0.717) is 0 Å². The molecule has 0 atom stereocenters. The number of hydrogen-bond donors (Lipinski definition) is 1. The molecule has 11 aromatic rings. The Labute approximate surface area is 329 Å².